The van der Waals surface area contributed by atoms with E-state index >= 15 is 0 Å². The molecule has 44 heavy (non-hydrogen) atoms. The Bertz CT molecular complexity index is 613. The average Bonchev–Trinajstić information content (AvgIpc) is 3.02. The van der Waals surface area contributed by atoms with Crippen LogP contribution in [0.5, 0.6) is 0 Å². The molecule has 3 amide bonds. The highest BCUT2D eigenvalue weighted by Gasteiger charge is 2.27. The van der Waals surface area contributed by atoms with Gasteiger partial charge in [-0.2, -0.15) is 0 Å². The van der Waals surface area contributed by atoms with E-state index in [-0.39, 0.29) is 37.0 Å². The molecule has 0 spiro atoms. The van der Waals surface area contributed by atoms with E-state index in [9.17, 15) is 14.4 Å². The van der Waals surface area contributed by atoms with Crippen molar-refractivity contribution >= 4 is 17.7 Å². The molecule has 0 unspecified atom stereocenters. The third-order valence-electron chi connectivity index (χ3n) is 6.42. The molecule has 0 heterocycles. The number of carbonyl (C=O) groups is 3. The zero-order valence-corrected chi connectivity index (χ0v) is 27.7. The normalized spacial score (nSPS) is 11.5. The zero-order chi connectivity index (χ0) is 32.6. The third kappa shape index (κ3) is 28.9. The van der Waals surface area contributed by atoms with E-state index in [0.717, 1.165) is 19.3 Å². The average molecular weight is 635 g/mol. The monoisotopic (exact) mass is 634 g/mol. The Hall–Kier alpha value is -1.87. The molecular formula is C31H62N4O9. The minimum absolute atomic E-state index is 0.153. The number of carbonyl (C=O) groups excluding carboxylic acids is 3. The number of hydrogen-bond acceptors (Lipinski definition) is 10. The van der Waals surface area contributed by atoms with Crippen molar-refractivity contribution in [3.8, 4) is 0 Å². The topological polar surface area (TPSA) is 169 Å². The second-order valence-corrected chi connectivity index (χ2v) is 10.6. The molecule has 0 fully saturated rings. The van der Waals surface area contributed by atoms with Gasteiger partial charge in [0, 0.05) is 64.3 Å². The molecule has 0 aliphatic carbocycles. The Labute approximate surface area is 265 Å². The van der Waals surface area contributed by atoms with Crippen molar-refractivity contribution < 1.29 is 42.8 Å². The smallest absolute Gasteiger partial charge is 0.220 e. The fraction of sp³-hybridized carbons (Fsp3) is 0.903. The molecule has 0 aromatic rings. The molecule has 0 aliphatic rings. The van der Waals surface area contributed by atoms with E-state index in [1.807, 2.05) is 20.8 Å². The molecule has 0 bridgehead atoms. The van der Waals surface area contributed by atoms with Gasteiger partial charge in [0.05, 0.1) is 59.5 Å². The molecule has 0 aliphatic heterocycles. The van der Waals surface area contributed by atoms with E-state index in [1.165, 1.54) is 0 Å². The van der Waals surface area contributed by atoms with Gasteiger partial charge in [-0.15, -0.1) is 0 Å². The van der Waals surface area contributed by atoms with Crippen molar-refractivity contribution in [2.45, 2.75) is 84.1 Å². The summed E-state index contributed by atoms with van der Waals surface area (Å²) in [5.74, 6) is -0.459. The maximum absolute atomic E-state index is 12.5. The summed E-state index contributed by atoms with van der Waals surface area (Å²) in [4.78, 5) is 37.4. The summed E-state index contributed by atoms with van der Waals surface area (Å²) in [6.07, 6.45) is 4.45. The lowest BCUT2D eigenvalue weighted by Crippen LogP contribution is -2.44. The molecule has 0 atom stereocenters. The van der Waals surface area contributed by atoms with Crippen LogP contribution in [0.1, 0.15) is 78.6 Å². The van der Waals surface area contributed by atoms with Crippen molar-refractivity contribution in [1.82, 2.24) is 16.0 Å². The Morgan fingerprint density at radius 3 is 0.955 bits per heavy atom. The molecule has 0 saturated carbocycles. The van der Waals surface area contributed by atoms with Crippen LogP contribution in [-0.2, 0) is 42.8 Å². The van der Waals surface area contributed by atoms with Gasteiger partial charge in [-0.05, 0) is 38.5 Å². The first-order valence-electron chi connectivity index (χ1n) is 16.4. The third-order valence-corrected chi connectivity index (χ3v) is 6.42. The second-order valence-electron chi connectivity index (χ2n) is 10.6. The second kappa shape index (κ2) is 31.1. The summed E-state index contributed by atoms with van der Waals surface area (Å²) in [5.41, 5.74) is 5.83. The lowest BCUT2D eigenvalue weighted by molar-refractivity contribution is -0.121. The first kappa shape index (κ1) is 42.1. The fourth-order valence-electron chi connectivity index (χ4n) is 3.91. The van der Waals surface area contributed by atoms with E-state index < -0.39 is 5.54 Å². The maximum Gasteiger partial charge on any atom is 0.220 e. The van der Waals surface area contributed by atoms with Crippen molar-refractivity contribution in [3.63, 3.8) is 0 Å². The Morgan fingerprint density at radius 1 is 0.455 bits per heavy atom. The zero-order valence-electron chi connectivity index (χ0n) is 27.7. The standard InChI is InChI=1S/C31H62N4O9/c1-4-16-39-22-25-42-19-13-33-28(36)7-10-31(32,11-8-29(37)34-14-20-43-26-23-40-17-5-2)12-9-30(38)35-15-21-44-27-24-41-18-6-3/h4-27,32H2,1-3H3,(H,33,36)(H,34,37)(H,35,38). The highest BCUT2D eigenvalue weighted by molar-refractivity contribution is 5.77. The van der Waals surface area contributed by atoms with Gasteiger partial charge in [-0.3, -0.25) is 14.4 Å². The SMILES string of the molecule is CCCOCCOCCNC(=O)CCC(N)(CCC(=O)NCCOCCOCCC)CCC(=O)NCCOCCOCCC. The molecule has 0 aromatic heterocycles. The fourth-order valence-corrected chi connectivity index (χ4v) is 3.91. The molecule has 0 aromatic carbocycles. The summed E-state index contributed by atoms with van der Waals surface area (Å²) in [6.45, 7) is 13.6. The Morgan fingerprint density at radius 2 is 0.705 bits per heavy atom. The summed E-state index contributed by atoms with van der Waals surface area (Å²) < 4.78 is 32.5. The minimum Gasteiger partial charge on any atom is -0.379 e. The van der Waals surface area contributed by atoms with Gasteiger partial charge in [-0.1, -0.05) is 20.8 Å². The van der Waals surface area contributed by atoms with E-state index in [2.05, 4.69) is 16.0 Å². The quantitative estimate of drug-likeness (QED) is 0.0780. The van der Waals surface area contributed by atoms with Gasteiger partial charge < -0.3 is 50.1 Å². The van der Waals surface area contributed by atoms with Gasteiger partial charge in [0.25, 0.3) is 0 Å². The number of hydrogen-bond donors (Lipinski definition) is 4. The molecule has 0 rings (SSSR count). The van der Waals surface area contributed by atoms with Crippen molar-refractivity contribution in [2.24, 2.45) is 5.73 Å². The van der Waals surface area contributed by atoms with Crippen LogP contribution in [0.25, 0.3) is 0 Å². The summed E-state index contributed by atoms with van der Waals surface area (Å²) in [7, 11) is 0. The highest BCUT2D eigenvalue weighted by atomic mass is 16.5. The number of amides is 3. The van der Waals surface area contributed by atoms with Crippen LogP contribution in [0.3, 0.4) is 0 Å². The molecule has 0 radical (unpaired) electrons. The van der Waals surface area contributed by atoms with Gasteiger partial charge in [0.1, 0.15) is 0 Å². The minimum atomic E-state index is -0.862. The summed E-state index contributed by atoms with van der Waals surface area (Å²) in [6, 6.07) is 0. The lowest BCUT2D eigenvalue weighted by Gasteiger charge is -2.29. The number of rotatable bonds is 33. The Kier molecular flexibility index (Phi) is 29.8. The molecule has 13 nitrogen and oxygen atoms in total. The van der Waals surface area contributed by atoms with Crippen LogP contribution < -0.4 is 21.7 Å². The van der Waals surface area contributed by atoms with Gasteiger partial charge in [0.15, 0.2) is 0 Å². The van der Waals surface area contributed by atoms with Crippen molar-refractivity contribution in [3.05, 3.63) is 0 Å². The summed E-state index contributed by atoms with van der Waals surface area (Å²) >= 11 is 0. The van der Waals surface area contributed by atoms with Crippen molar-refractivity contribution in [2.75, 3.05) is 98.9 Å². The van der Waals surface area contributed by atoms with Gasteiger partial charge in [0.2, 0.25) is 17.7 Å². The van der Waals surface area contributed by atoms with Crippen LogP contribution in [0, 0.1) is 0 Å². The van der Waals surface area contributed by atoms with E-state index in [0.29, 0.717) is 118 Å². The number of nitrogens with one attached hydrogen (secondary N) is 3. The van der Waals surface area contributed by atoms with Crippen LogP contribution in [0.2, 0.25) is 0 Å². The van der Waals surface area contributed by atoms with Crippen LogP contribution >= 0.6 is 0 Å². The van der Waals surface area contributed by atoms with Crippen LogP contribution in [-0.4, -0.2) is 122 Å². The molecular weight excluding hydrogens is 572 g/mol. The molecule has 13 heteroatoms. The predicted molar refractivity (Wildman–Crippen MR) is 169 cm³/mol. The van der Waals surface area contributed by atoms with Gasteiger partial charge >= 0.3 is 0 Å². The van der Waals surface area contributed by atoms with Crippen LogP contribution in [0.15, 0.2) is 0 Å². The van der Waals surface area contributed by atoms with Crippen molar-refractivity contribution in [1.29, 1.82) is 0 Å². The lowest BCUT2D eigenvalue weighted by atomic mass is 9.84. The molecule has 0 saturated heterocycles. The van der Waals surface area contributed by atoms with Crippen LogP contribution in [0.4, 0.5) is 0 Å². The first-order chi connectivity index (χ1) is 21.4. The van der Waals surface area contributed by atoms with E-state index in [1.54, 1.807) is 0 Å². The first-order valence-corrected chi connectivity index (χ1v) is 16.4. The molecule has 260 valence electrons. The predicted octanol–water partition coefficient (Wildman–Crippen LogP) is 1.70. The molecule has 5 N–H and O–H groups in total. The number of ether oxygens (including phenoxy) is 6. The number of nitrogens with two attached hydrogens (primary N) is 1. The van der Waals surface area contributed by atoms with Gasteiger partial charge in [-0.25, -0.2) is 0 Å². The summed E-state index contributed by atoms with van der Waals surface area (Å²) in [5, 5.41) is 8.50. The van der Waals surface area contributed by atoms with E-state index in [4.69, 9.17) is 34.2 Å². The maximum atomic E-state index is 12.5. The Balaban J connectivity index is 4.52. The highest BCUT2D eigenvalue weighted by Crippen LogP contribution is 2.23. The largest absolute Gasteiger partial charge is 0.379 e.